The van der Waals surface area contributed by atoms with Crippen LogP contribution in [0.25, 0.3) is 0 Å². The zero-order valence-corrected chi connectivity index (χ0v) is 11.9. The standard InChI is InChI=1S/C13H13N3O4S/c1-9-2-5-11(16(17)18)8-13(9)15-21(19,20)12-6-3-10(14)4-7-12/h2-8,15H,14H2,1H3. The molecule has 110 valence electrons. The molecule has 3 N–H and O–H groups in total. The highest BCUT2D eigenvalue weighted by Gasteiger charge is 2.17. The topological polar surface area (TPSA) is 115 Å². The van der Waals surface area contributed by atoms with Crippen LogP contribution >= 0.6 is 0 Å². The third-order valence-electron chi connectivity index (χ3n) is 2.87. The van der Waals surface area contributed by atoms with Gasteiger partial charge in [-0.25, -0.2) is 8.42 Å². The van der Waals surface area contributed by atoms with Gasteiger partial charge in [-0.2, -0.15) is 0 Å². The smallest absolute Gasteiger partial charge is 0.271 e. The van der Waals surface area contributed by atoms with Crippen molar-refractivity contribution in [1.29, 1.82) is 0 Å². The number of sulfonamides is 1. The molecule has 2 aromatic carbocycles. The predicted molar refractivity (Wildman–Crippen MR) is 79.5 cm³/mol. The molecule has 0 radical (unpaired) electrons. The molecule has 0 unspecified atom stereocenters. The summed E-state index contributed by atoms with van der Waals surface area (Å²) in [4.78, 5) is 10.2. The van der Waals surface area contributed by atoms with Crippen LogP contribution in [-0.4, -0.2) is 13.3 Å². The number of nitrogens with one attached hydrogen (secondary N) is 1. The Hall–Kier alpha value is -2.61. The number of aryl methyl sites for hydroxylation is 1. The Balaban J connectivity index is 2.38. The number of non-ortho nitro benzene ring substituents is 1. The van der Waals surface area contributed by atoms with Gasteiger partial charge < -0.3 is 5.73 Å². The second-order valence-corrected chi connectivity index (χ2v) is 6.11. The van der Waals surface area contributed by atoms with E-state index >= 15 is 0 Å². The summed E-state index contributed by atoms with van der Waals surface area (Å²) >= 11 is 0. The number of nitrogen functional groups attached to an aromatic ring is 1. The second kappa shape index (κ2) is 5.41. The summed E-state index contributed by atoms with van der Waals surface area (Å²) in [5.74, 6) is 0. The molecular formula is C13H13N3O4S. The van der Waals surface area contributed by atoms with Crippen molar-refractivity contribution in [3.05, 3.63) is 58.1 Å². The Bertz CT molecular complexity index is 786. The van der Waals surface area contributed by atoms with Crippen LogP contribution in [-0.2, 0) is 10.0 Å². The first-order chi connectivity index (χ1) is 9.79. The molecule has 2 rings (SSSR count). The average Bonchev–Trinajstić information content (AvgIpc) is 2.41. The summed E-state index contributed by atoms with van der Waals surface area (Å²) in [6.45, 7) is 1.66. The SMILES string of the molecule is Cc1ccc([N+](=O)[O-])cc1NS(=O)(=O)c1ccc(N)cc1. The van der Waals surface area contributed by atoms with Gasteiger partial charge in [-0.1, -0.05) is 6.07 Å². The molecular weight excluding hydrogens is 294 g/mol. The van der Waals surface area contributed by atoms with E-state index < -0.39 is 14.9 Å². The Labute approximate surface area is 121 Å². The van der Waals surface area contributed by atoms with Gasteiger partial charge in [0.2, 0.25) is 0 Å². The highest BCUT2D eigenvalue weighted by Crippen LogP contribution is 2.24. The summed E-state index contributed by atoms with van der Waals surface area (Å²) < 4.78 is 26.8. The number of nitrogens with two attached hydrogens (primary N) is 1. The predicted octanol–water partition coefficient (Wildman–Crippen LogP) is 2.29. The summed E-state index contributed by atoms with van der Waals surface area (Å²) in [6.07, 6.45) is 0. The van der Waals surface area contributed by atoms with Crippen LogP contribution < -0.4 is 10.5 Å². The molecule has 0 atom stereocenters. The number of hydrogen-bond acceptors (Lipinski definition) is 5. The zero-order chi connectivity index (χ0) is 15.6. The molecule has 0 fully saturated rings. The van der Waals surface area contributed by atoms with Gasteiger partial charge in [0.15, 0.2) is 0 Å². The molecule has 0 spiro atoms. The van der Waals surface area contributed by atoms with Crippen LogP contribution in [0.4, 0.5) is 17.1 Å². The van der Waals surface area contributed by atoms with Crippen molar-refractivity contribution in [3.63, 3.8) is 0 Å². The molecule has 7 nitrogen and oxygen atoms in total. The maximum atomic E-state index is 12.2. The number of hydrogen-bond donors (Lipinski definition) is 2. The van der Waals surface area contributed by atoms with Gasteiger partial charge in [-0.05, 0) is 36.8 Å². The Kier molecular flexibility index (Phi) is 3.81. The number of anilines is 2. The van der Waals surface area contributed by atoms with E-state index in [0.29, 0.717) is 11.3 Å². The quantitative estimate of drug-likeness (QED) is 0.511. The van der Waals surface area contributed by atoms with Gasteiger partial charge >= 0.3 is 0 Å². The molecule has 0 saturated heterocycles. The van der Waals surface area contributed by atoms with Crippen LogP contribution in [0.1, 0.15) is 5.56 Å². The fourth-order valence-corrected chi connectivity index (χ4v) is 2.81. The first-order valence-corrected chi connectivity index (χ1v) is 7.41. The van der Waals surface area contributed by atoms with Crippen molar-refractivity contribution >= 4 is 27.1 Å². The highest BCUT2D eigenvalue weighted by atomic mass is 32.2. The van der Waals surface area contributed by atoms with Crippen molar-refractivity contribution in [3.8, 4) is 0 Å². The minimum absolute atomic E-state index is 0.0302. The van der Waals surface area contributed by atoms with Crippen LogP contribution in [0.15, 0.2) is 47.4 Å². The summed E-state index contributed by atoms with van der Waals surface area (Å²) in [7, 11) is -3.82. The molecule has 0 bridgehead atoms. The summed E-state index contributed by atoms with van der Waals surface area (Å²) in [5, 5.41) is 10.8. The van der Waals surface area contributed by atoms with Crippen LogP contribution in [0.2, 0.25) is 0 Å². The Morgan fingerprint density at radius 2 is 1.76 bits per heavy atom. The molecule has 0 saturated carbocycles. The van der Waals surface area contributed by atoms with Gasteiger partial charge in [0.25, 0.3) is 15.7 Å². The summed E-state index contributed by atoms with van der Waals surface area (Å²) in [5.41, 5.74) is 6.52. The fraction of sp³-hybridized carbons (Fsp3) is 0.0769. The lowest BCUT2D eigenvalue weighted by molar-refractivity contribution is -0.384. The first kappa shape index (κ1) is 14.8. The van der Waals surface area contributed by atoms with Crippen molar-refractivity contribution < 1.29 is 13.3 Å². The average molecular weight is 307 g/mol. The van der Waals surface area contributed by atoms with E-state index in [1.54, 1.807) is 6.92 Å². The lowest BCUT2D eigenvalue weighted by Crippen LogP contribution is -2.14. The number of nitrogens with zero attached hydrogens (tertiary/aromatic N) is 1. The van der Waals surface area contributed by atoms with Crippen molar-refractivity contribution in [2.45, 2.75) is 11.8 Å². The van der Waals surface area contributed by atoms with Crippen LogP contribution in [0, 0.1) is 17.0 Å². The van der Waals surface area contributed by atoms with Gasteiger partial charge in [-0.15, -0.1) is 0 Å². The van der Waals surface area contributed by atoms with Gasteiger partial charge in [0, 0.05) is 17.8 Å². The molecule has 0 amide bonds. The largest absolute Gasteiger partial charge is 0.399 e. The van der Waals surface area contributed by atoms with Crippen molar-refractivity contribution in [2.75, 3.05) is 10.5 Å². The fourth-order valence-electron chi connectivity index (χ4n) is 1.68. The van der Waals surface area contributed by atoms with E-state index in [4.69, 9.17) is 5.73 Å². The van der Waals surface area contributed by atoms with E-state index in [2.05, 4.69) is 4.72 Å². The number of nitro benzene ring substituents is 1. The van der Waals surface area contributed by atoms with Gasteiger partial charge in [0.05, 0.1) is 15.5 Å². The highest BCUT2D eigenvalue weighted by molar-refractivity contribution is 7.92. The third-order valence-corrected chi connectivity index (χ3v) is 4.25. The molecule has 0 aromatic heterocycles. The van der Waals surface area contributed by atoms with E-state index in [1.807, 2.05) is 0 Å². The molecule has 0 heterocycles. The van der Waals surface area contributed by atoms with E-state index in [-0.39, 0.29) is 16.3 Å². The number of nitro groups is 1. The maximum absolute atomic E-state index is 12.2. The zero-order valence-electron chi connectivity index (χ0n) is 11.1. The molecule has 0 aliphatic heterocycles. The van der Waals surface area contributed by atoms with Gasteiger partial charge in [-0.3, -0.25) is 14.8 Å². The molecule has 0 aliphatic carbocycles. The maximum Gasteiger partial charge on any atom is 0.271 e. The van der Waals surface area contributed by atoms with Crippen LogP contribution in [0.3, 0.4) is 0 Å². The minimum atomic E-state index is -3.82. The molecule has 0 aliphatic rings. The number of rotatable bonds is 4. The first-order valence-electron chi connectivity index (χ1n) is 5.93. The monoisotopic (exact) mass is 307 g/mol. The Morgan fingerprint density at radius 3 is 2.33 bits per heavy atom. The lowest BCUT2D eigenvalue weighted by Gasteiger charge is -2.10. The Morgan fingerprint density at radius 1 is 1.14 bits per heavy atom. The van der Waals surface area contributed by atoms with E-state index in [9.17, 15) is 18.5 Å². The van der Waals surface area contributed by atoms with Gasteiger partial charge in [0.1, 0.15) is 0 Å². The third kappa shape index (κ3) is 3.29. The number of benzene rings is 2. The molecule has 21 heavy (non-hydrogen) atoms. The second-order valence-electron chi connectivity index (χ2n) is 4.43. The molecule has 8 heteroatoms. The lowest BCUT2D eigenvalue weighted by atomic mass is 10.2. The normalized spacial score (nSPS) is 11.1. The van der Waals surface area contributed by atoms with Crippen molar-refractivity contribution in [2.24, 2.45) is 0 Å². The van der Waals surface area contributed by atoms with E-state index in [1.165, 1.54) is 42.5 Å². The van der Waals surface area contributed by atoms with Crippen LogP contribution in [0.5, 0.6) is 0 Å². The van der Waals surface area contributed by atoms with Crippen molar-refractivity contribution in [1.82, 2.24) is 0 Å². The molecule has 2 aromatic rings. The van der Waals surface area contributed by atoms with E-state index in [0.717, 1.165) is 0 Å². The minimum Gasteiger partial charge on any atom is -0.399 e. The summed E-state index contributed by atoms with van der Waals surface area (Å²) in [6, 6.07) is 9.65.